The quantitative estimate of drug-likeness (QED) is 0.724. The van der Waals surface area contributed by atoms with E-state index in [4.69, 9.17) is 0 Å². The SMILES string of the molecule is COC(=O)c1nc(OC)ncc1C(F)(F)F. The Morgan fingerprint density at radius 2 is 2.00 bits per heavy atom. The van der Waals surface area contributed by atoms with Gasteiger partial charge in [0, 0.05) is 6.20 Å². The van der Waals surface area contributed by atoms with Crippen molar-refractivity contribution in [2.24, 2.45) is 0 Å². The monoisotopic (exact) mass is 236 g/mol. The highest BCUT2D eigenvalue weighted by Gasteiger charge is 2.37. The molecule has 0 aromatic carbocycles. The molecule has 1 heterocycles. The van der Waals surface area contributed by atoms with Crippen molar-refractivity contribution in [3.05, 3.63) is 17.5 Å². The lowest BCUT2D eigenvalue weighted by molar-refractivity contribution is -0.138. The summed E-state index contributed by atoms with van der Waals surface area (Å²) in [4.78, 5) is 17.7. The zero-order chi connectivity index (χ0) is 12.3. The molecule has 0 amide bonds. The maximum Gasteiger partial charge on any atom is 0.420 e. The number of carbonyl (C=O) groups excluding carboxylic acids is 1. The van der Waals surface area contributed by atoms with E-state index in [1.807, 2.05) is 0 Å². The molecule has 0 saturated carbocycles. The second-order valence-corrected chi connectivity index (χ2v) is 2.61. The standard InChI is InChI=1S/C8H7F3N2O3/c1-15-6(14)5-4(8(9,10)11)3-12-7(13-5)16-2/h3H,1-2H3. The molecule has 0 spiro atoms. The third-order valence-corrected chi connectivity index (χ3v) is 1.63. The lowest BCUT2D eigenvalue weighted by Crippen LogP contribution is -2.17. The van der Waals surface area contributed by atoms with Gasteiger partial charge in [0.15, 0.2) is 5.69 Å². The van der Waals surface area contributed by atoms with Crippen molar-refractivity contribution in [1.82, 2.24) is 9.97 Å². The van der Waals surface area contributed by atoms with Gasteiger partial charge >= 0.3 is 18.2 Å². The van der Waals surface area contributed by atoms with Gasteiger partial charge in [0.2, 0.25) is 0 Å². The van der Waals surface area contributed by atoms with Crippen molar-refractivity contribution in [3.63, 3.8) is 0 Å². The predicted molar refractivity (Wildman–Crippen MR) is 44.9 cm³/mol. The van der Waals surface area contributed by atoms with E-state index in [0.29, 0.717) is 6.20 Å². The normalized spacial score (nSPS) is 11.1. The number of halogens is 3. The van der Waals surface area contributed by atoms with Gasteiger partial charge < -0.3 is 9.47 Å². The summed E-state index contributed by atoms with van der Waals surface area (Å²) in [6.45, 7) is 0. The number of rotatable bonds is 2. The van der Waals surface area contributed by atoms with E-state index < -0.39 is 23.4 Å². The third kappa shape index (κ3) is 2.38. The molecule has 16 heavy (non-hydrogen) atoms. The highest BCUT2D eigenvalue weighted by molar-refractivity contribution is 5.89. The smallest absolute Gasteiger partial charge is 0.420 e. The Bertz CT molecular complexity index is 406. The zero-order valence-corrected chi connectivity index (χ0v) is 8.33. The first-order chi connectivity index (χ1) is 7.40. The number of alkyl halides is 3. The van der Waals surface area contributed by atoms with Crippen LogP contribution in [0.1, 0.15) is 16.1 Å². The lowest BCUT2D eigenvalue weighted by Gasteiger charge is -2.10. The van der Waals surface area contributed by atoms with Crippen LogP contribution in [0.3, 0.4) is 0 Å². The van der Waals surface area contributed by atoms with E-state index in [0.717, 1.165) is 7.11 Å². The molecule has 1 aromatic heterocycles. The highest BCUT2D eigenvalue weighted by Crippen LogP contribution is 2.31. The molecule has 0 aliphatic carbocycles. The summed E-state index contributed by atoms with van der Waals surface area (Å²) in [6.07, 6.45) is -4.26. The topological polar surface area (TPSA) is 61.3 Å². The van der Waals surface area contributed by atoms with E-state index in [1.54, 1.807) is 0 Å². The van der Waals surface area contributed by atoms with Crippen LogP contribution >= 0.6 is 0 Å². The number of aromatic nitrogens is 2. The zero-order valence-electron chi connectivity index (χ0n) is 8.33. The lowest BCUT2D eigenvalue weighted by atomic mass is 10.2. The molecule has 1 rings (SSSR count). The molecule has 88 valence electrons. The van der Waals surface area contributed by atoms with Gasteiger partial charge in [-0.05, 0) is 0 Å². The number of hydrogen-bond acceptors (Lipinski definition) is 5. The van der Waals surface area contributed by atoms with Crippen LogP contribution in [0, 0.1) is 0 Å². The second-order valence-electron chi connectivity index (χ2n) is 2.61. The summed E-state index contributed by atoms with van der Waals surface area (Å²) in [5.74, 6) is -1.20. The number of ether oxygens (including phenoxy) is 2. The minimum absolute atomic E-state index is 0.339. The summed E-state index contributed by atoms with van der Waals surface area (Å²) in [7, 11) is 2.13. The molecular weight excluding hydrogens is 229 g/mol. The maximum atomic E-state index is 12.5. The summed E-state index contributed by atoms with van der Waals surface area (Å²) in [5, 5.41) is 0. The maximum absolute atomic E-state index is 12.5. The molecule has 0 unspecified atom stereocenters. The molecule has 8 heteroatoms. The molecular formula is C8H7F3N2O3. The average molecular weight is 236 g/mol. The second kappa shape index (κ2) is 4.33. The van der Waals surface area contributed by atoms with Gasteiger partial charge in [-0.1, -0.05) is 0 Å². The minimum Gasteiger partial charge on any atom is -0.467 e. The molecule has 0 fully saturated rings. The van der Waals surface area contributed by atoms with Crippen molar-refractivity contribution < 1.29 is 27.4 Å². The molecule has 0 saturated heterocycles. The molecule has 0 atom stereocenters. The molecule has 1 aromatic rings. The van der Waals surface area contributed by atoms with Gasteiger partial charge in [-0.15, -0.1) is 0 Å². The van der Waals surface area contributed by atoms with Gasteiger partial charge in [0.25, 0.3) is 0 Å². The fourth-order valence-electron chi connectivity index (χ4n) is 0.924. The van der Waals surface area contributed by atoms with Crippen LogP contribution in [0.25, 0.3) is 0 Å². The summed E-state index contributed by atoms with van der Waals surface area (Å²) < 4.78 is 46.1. The van der Waals surface area contributed by atoms with Crippen LogP contribution < -0.4 is 4.74 Å². The largest absolute Gasteiger partial charge is 0.467 e. The van der Waals surface area contributed by atoms with Crippen molar-refractivity contribution >= 4 is 5.97 Å². The van der Waals surface area contributed by atoms with Gasteiger partial charge in [0.05, 0.1) is 14.2 Å². The molecule has 0 bridgehead atoms. The van der Waals surface area contributed by atoms with E-state index in [2.05, 4.69) is 19.4 Å². The van der Waals surface area contributed by atoms with Crippen molar-refractivity contribution in [3.8, 4) is 6.01 Å². The van der Waals surface area contributed by atoms with Crippen LogP contribution in [-0.2, 0) is 10.9 Å². The Morgan fingerprint density at radius 1 is 1.38 bits per heavy atom. The minimum atomic E-state index is -4.73. The molecule has 0 radical (unpaired) electrons. The molecule has 0 aliphatic heterocycles. The predicted octanol–water partition coefficient (Wildman–Crippen LogP) is 1.29. The Balaban J connectivity index is 3.33. The molecule has 5 nitrogen and oxygen atoms in total. The Labute approximate surface area is 88.2 Å². The Kier molecular flexibility index (Phi) is 3.31. The van der Waals surface area contributed by atoms with Crippen LogP contribution in [0.15, 0.2) is 6.20 Å². The van der Waals surface area contributed by atoms with Crippen LogP contribution in [-0.4, -0.2) is 30.2 Å². The van der Waals surface area contributed by atoms with Gasteiger partial charge in [-0.25, -0.2) is 9.78 Å². The first kappa shape index (κ1) is 12.2. The van der Waals surface area contributed by atoms with Crippen LogP contribution in [0.2, 0.25) is 0 Å². The Hall–Kier alpha value is -1.86. The van der Waals surface area contributed by atoms with Crippen molar-refractivity contribution in [2.75, 3.05) is 14.2 Å². The average Bonchev–Trinajstić information content (AvgIpc) is 2.25. The number of hydrogen-bond donors (Lipinski definition) is 0. The van der Waals surface area contributed by atoms with Gasteiger partial charge in [-0.2, -0.15) is 18.2 Å². The number of methoxy groups -OCH3 is 2. The van der Waals surface area contributed by atoms with E-state index in [9.17, 15) is 18.0 Å². The number of nitrogens with zero attached hydrogens (tertiary/aromatic N) is 2. The van der Waals surface area contributed by atoms with Gasteiger partial charge in [-0.3, -0.25) is 0 Å². The third-order valence-electron chi connectivity index (χ3n) is 1.63. The van der Waals surface area contributed by atoms with E-state index in [-0.39, 0.29) is 6.01 Å². The van der Waals surface area contributed by atoms with E-state index in [1.165, 1.54) is 7.11 Å². The van der Waals surface area contributed by atoms with Crippen molar-refractivity contribution in [2.45, 2.75) is 6.18 Å². The first-order valence-electron chi connectivity index (χ1n) is 3.96. The fraction of sp³-hybridized carbons (Fsp3) is 0.375. The first-order valence-corrected chi connectivity index (χ1v) is 3.96. The highest BCUT2D eigenvalue weighted by atomic mass is 19.4. The molecule has 0 N–H and O–H groups in total. The fourth-order valence-corrected chi connectivity index (χ4v) is 0.924. The summed E-state index contributed by atoms with van der Waals surface area (Å²) in [5.41, 5.74) is -2.14. The van der Waals surface area contributed by atoms with Crippen molar-refractivity contribution in [1.29, 1.82) is 0 Å². The number of esters is 1. The summed E-state index contributed by atoms with van der Waals surface area (Å²) >= 11 is 0. The number of carbonyl (C=O) groups is 1. The Morgan fingerprint density at radius 3 is 2.44 bits per heavy atom. The summed E-state index contributed by atoms with van der Waals surface area (Å²) in [6, 6.07) is -0.339. The molecule has 0 aliphatic rings. The van der Waals surface area contributed by atoms with Gasteiger partial charge in [0.1, 0.15) is 5.56 Å². The van der Waals surface area contributed by atoms with E-state index >= 15 is 0 Å². The van der Waals surface area contributed by atoms with Crippen LogP contribution in [0.5, 0.6) is 6.01 Å². The van der Waals surface area contributed by atoms with Crippen LogP contribution in [0.4, 0.5) is 13.2 Å².